The van der Waals surface area contributed by atoms with Crippen LogP contribution in [0.15, 0.2) is 17.4 Å². The Bertz CT molecular complexity index is 700. The Morgan fingerprint density at radius 2 is 2.12 bits per heavy atom. The third-order valence-corrected chi connectivity index (χ3v) is 5.61. The molecule has 1 saturated carbocycles. The third kappa shape index (κ3) is 3.73. The summed E-state index contributed by atoms with van der Waals surface area (Å²) < 4.78 is 5.64. The Morgan fingerprint density at radius 1 is 1.36 bits per heavy atom. The summed E-state index contributed by atoms with van der Waals surface area (Å²) in [6, 6.07) is 2.61. The molecule has 1 aromatic heterocycles. The number of fused-ring (bicyclic) bond motifs is 1. The summed E-state index contributed by atoms with van der Waals surface area (Å²) in [5.41, 5.74) is 1.64. The van der Waals surface area contributed by atoms with E-state index in [4.69, 9.17) is 33.7 Å². The number of pyridine rings is 1. The Labute approximate surface area is 158 Å². The number of rotatable bonds is 2. The minimum absolute atomic E-state index is 0.567. The second-order valence-corrected chi connectivity index (χ2v) is 7.51. The average Bonchev–Trinajstić information content (AvgIpc) is 3.46. The van der Waals surface area contributed by atoms with E-state index in [9.17, 15) is 0 Å². The molecule has 0 unspecified atom stereocenters. The number of piperazine rings is 1. The van der Waals surface area contributed by atoms with Crippen LogP contribution in [0.3, 0.4) is 0 Å². The SMILES string of the molecule is CN(/N=C1/CCOc2cc(Cl)cnc21)C(=S)N1CCN(C2CC2)CC1. The minimum Gasteiger partial charge on any atom is -0.491 e. The highest BCUT2D eigenvalue weighted by Crippen LogP contribution is 2.28. The highest BCUT2D eigenvalue weighted by Gasteiger charge is 2.32. The van der Waals surface area contributed by atoms with Gasteiger partial charge in [0.15, 0.2) is 5.11 Å². The van der Waals surface area contributed by atoms with Gasteiger partial charge >= 0.3 is 0 Å². The van der Waals surface area contributed by atoms with Gasteiger partial charge in [0, 0.05) is 58.0 Å². The highest BCUT2D eigenvalue weighted by molar-refractivity contribution is 7.80. The van der Waals surface area contributed by atoms with Gasteiger partial charge in [-0.15, -0.1) is 0 Å². The van der Waals surface area contributed by atoms with E-state index in [-0.39, 0.29) is 0 Å². The van der Waals surface area contributed by atoms with E-state index >= 15 is 0 Å². The van der Waals surface area contributed by atoms with Crippen LogP contribution in [0, 0.1) is 0 Å². The molecule has 3 heterocycles. The molecule has 134 valence electrons. The highest BCUT2D eigenvalue weighted by atomic mass is 35.5. The second-order valence-electron chi connectivity index (χ2n) is 6.71. The first kappa shape index (κ1) is 17.0. The first-order valence-corrected chi connectivity index (χ1v) is 9.53. The molecule has 1 aromatic rings. The maximum Gasteiger partial charge on any atom is 0.192 e. The number of thiocarbonyl (C=S) groups is 1. The second kappa shape index (κ2) is 7.05. The van der Waals surface area contributed by atoms with Crippen LogP contribution in [0.1, 0.15) is 25.0 Å². The summed E-state index contributed by atoms with van der Waals surface area (Å²) in [6.45, 7) is 4.70. The van der Waals surface area contributed by atoms with Gasteiger partial charge in [0.2, 0.25) is 0 Å². The number of hydrazone groups is 1. The standard InChI is InChI=1S/C17H22ClN5OS/c1-21(17(25)23-7-5-22(6-8-23)13-2-3-13)20-14-4-9-24-15-10-12(18)11-19-16(14)15/h10-11,13H,2-9H2,1H3/b20-14-. The number of aromatic nitrogens is 1. The van der Waals surface area contributed by atoms with E-state index in [1.807, 2.05) is 7.05 Å². The van der Waals surface area contributed by atoms with Crippen molar-refractivity contribution in [3.8, 4) is 5.75 Å². The van der Waals surface area contributed by atoms with Gasteiger partial charge in [0.25, 0.3) is 0 Å². The zero-order valence-corrected chi connectivity index (χ0v) is 15.9. The fourth-order valence-corrected chi connectivity index (χ4v) is 3.74. The molecular formula is C17H22ClN5OS. The molecule has 2 aliphatic heterocycles. The Hall–Kier alpha value is -1.44. The average molecular weight is 380 g/mol. The minimum atomic E-state index is 0.567. The van der Waals surface area contributed by atoms with E-state index in [0.717, 1.165) is 48.7 Å². The number of ether oxygens (including phenoxy) is 1. The maximum absolute atomic E-state index is 6.00. The molecule has 0 N–H and O–H groups in total. The van der Waals surface area contributed by atoms with Gasteiger partial charge in [0.1, 0.15) is 11.4 Å². The monoisotopic (exact) mass is 379 g/mol. The summed E-state index contributed by atoms with van der Waals surface area (Å²) in [5.74, 6) is 0.690. The van der Waals surface area contributed by atoms with Crippen LogP contribution >= 0.6 is 23.8 Å². The van der Waals surface area contributed by atoms with E-state index in [1.54, 1.807) is 17.3 Å². The lowest BCUT2D eigenvalue weighted by Gasteiger charge is -2.37. The number of hydrogen-bond donors (Lipinski definition) is 0. The summed E-state index contributed by atoms with van der Waals surface area (Å²) in [4.78, 5) is 9.20. The molecule has 0 atom stereocenters. The van der Waals surface area contributed by atoms with Gasteiger partial charge in [-0.2, -0.15) is 5.10 Å². The normalized spacial score (nSPS) is 22.5. The Kier molecular flexibility index (Phi) is 4.80. The fourth-order valence-electron chi connectivity index (χ4n) is 3.37. The van der Waals surface area contributed by atoms with E-state index in [2.05, 4.69) is 14.8 Å². The van der Waals surface area contributed by atoms with Crippen molar-refractivity contribution in [3.05, 3.63) is 23.0 Å². The molecule has 0 bridgehead atoms. The van der Waals surface area contributed by atoms with E-state index < -0.39 is 0 Å². The molecule has 4 rings (SSSR count). The summed E-state index contributed by atoms with van der Waals surface area (Å²) in [6.07, 6.45) is 5.05. The predicted octanol–water partition coefficient (Wildman–Crippen LogP) is 2.22. The van der Waals surface area contributed by atoms with Crippen LogP contribution in [0.25, 0.3) is 0 Å². The Balaban J connectivity index is 1.43. The third-order valence-electron chi connectivity index (χ3n) is 4.88. The van der Waals surface area contributed by atoms with Gasteiger partial charge in [0.05, 0.1) is 17.3 Å². The molecule has 1 saturated heterocycles. The number of halogens is 1. The van der Waals surface area contributed by atoms with Crippen LogP contribution in [-0.2, 0) is 0 Å². The molecule has 0 spiro atoms. The lowest BCUT2D eigenvalue weighted by molar-refractivity contribution is 0.167. The lowest BCUT2D eigenvalue weighted by atomic mass is 10.1. The van der Waals surface area contributed by atoms with Crippen LogP contribution in [0.5, 0.6) is 5.75 Å². The van der Waals surface area contributed by atoms with Crippen LogP contribution in [-0.4, -0.2) is 76.5 Å². The molecule has 0 radical (unpaired) electrons. The molecule has 25 heavy (non-hydrogen) atoms. The maximum atomic E-state index is 6.00. The molecule has 0 aromatic carbocycles. The van der Waals surface area contributed by atoms with E-state index in [1.165, 1.54) is 12.8 Å². The predicted molar refractivity (Wildman–Crippen MR) is 102 cm³/mol. The van der Waals surface area contributed by atoms with Gasteiger partial charge in [-0.3, -0.25) is 4.90 Å². The molecular weight excluding hydrogens is 358 g/mol. The van der Waals surface area contributed by atoms with Crippen LogP contribution in [0.4, 0.5) is 0 Å². The summed E-state index contributed by atoms with van der Waals surface area (Å²) in [7, 11) is 1.91. The van der Waals surface area contributed by atoms with Crippen molar-refractivity contribution in [2.45, 2.75) is 25.3 Å². The van der Waals surface area contributed by atoms with Crippen molar-refractivity contribution in [2.24, 2.45) is 5.10 Å². The van der Waals surface area contributed by atoms with Gasteiger partial charge in [-0.05, 0) is 25.1 Å². The fraction of sp³-hybridized carbons (Fsp3) is 0.588. The van der Waals surface area contributed by atoms with Crippen molar-refractivity contribution in [1.29, 1.82) is 0 Å². The van der Waals surface area contributed by atoms with Crippen molar-refractivity contribution in [3.63, 3.8) is 0 Å². The molecule has 0 amide bonds. The first-order chi connectivity index (χ1) is 12.1. The van der Waals surface area contributed by atoms with Crippen LogP contribution < -0.4 is 4.74 Å². The number of nitrogens with zero attached hydrogens (tertiary/aromatic N) is 5. The van der Waals surface area contributed by atoms with Gasteiger partial charge in [-0.25, -0.2) is 9.99 Å². The summed E-state index contributed by atoms with van der Waals surface area (Å²) in [5, 5.41) is 7.85. The van der Waals surface area contributed by atoms with Crippen molar-refractivity contribution in [1.82, 2.24) is 19.8 Å². The molecule has 1 aliphatic carbocycles. The van der Waals surface area contributed by atoms with Crippen molar-refractivity contribution in [2.75, 3.05) is 39.8 Å². The quantitative estimate of drug-likeness (QED) is 0.580. The zero-order valence-electron chi connectivity index (χ0n) is 14.3. The zero-order chi connectivity index (χ0) is 17.4. The first-order valence-electron chi connectivity index (χ1n) is 8.74. The molecule has 8 heteroatoms. The van der Waals surface area contributed by atoms with Crippen molar-refractivity contribution >= 4 is 34.6 Å². The van der Waals surface area contributed by atoms with Gasteiger partial charge < -0.3 is 9.64 Å². The molecule has 2 fully saturated rings. The molecule has 6 nitrogen and oxygen atoms in total. The number of hydrogen-bond acceptors (Lipinski definition) is 5. The summed E-state index contributed by atoms with van der Waals surface area (Å²) >= 11 is 11.7. The van der Waals surface area contributed by atoms with Gasteiger partial charge in [-0.1, -0.05) is 11.6 Å². The van der Waals surface area contributed by atoms with Crippen molar-refractivity contribution < 1.29 is 4.74 Å². The van der Waals surface area contributed by atoms with Crippen LogP contribution in [0.2, 0.25) is 5.02 Å². The van der Waals surface area contributed by atoms with E-state index in [0.29, 0.717) is 23.8 Å². The lowest BCUT2D eigenvalue weighted by Crippen LogP contribution is -2.51. The smallest absolute Gasteiger partial charge is 0.192 e. The topological polar surface area (TPSA) is 44.2 Å². The largest absolute Gasteiger partial charge is 0.491 e. The molecule has 3 aliphatic rings. The Morgan fingerprint density at radius 3 is 2.84 bits per heavy atom.